The number of esters is 2. The van der Waals surface area contributed by atoms with Crippen LogP contribution >= 0.6 is 0 Å². The summed E-state index contributed by atoms with van der Waals surface area (Å²) in [5, 5.41) is 9.44. The molecule has 8 heteroatoms. The zero-order valence-corrected chi connectivity index (χ0v) is 23.7. The van der Waals surface area contributed by atoms with Gasteiger partial charge in [0.25, 0.3) is 0 Å². The number of ether oxygens (including phenoxy) is 3. The first-order valence-corrected chi connectivity index (χ1v) is 14.1. The highest BCUT2D eigenvalue weighted by molar-refractivity contribution is 5.72. The minimum Gasteiger partial charge on any atom is -0.477 e. The first kappa shape index (κ1) is 34.3. The molecule has 0 amide bonds. The maximum absolute atomic E-state index is 12.3. The predicted octanol–water partition coefficient (Wildman–Crippen LogP) is 5.51. The van der Waals surface area contributed by atoms with Crippen molar-refractivity contribution in [3.05, 3.63) is 0 Å². The Bertz CT molecular complexity index is 589. The lowest BCUT2D eigenvalue weighted by Gasteiger charge is -2.31. The summed E-state index contributed by atoms with van der Waals surface area (Å²) in [6.07, 6.45) is 14.3. The summed E-state index contributed by atoms with van der Waals surface area (Å²) >= 11 is 0. The molecule has 1 N–H and O–H groups in total. The SMILES string of the molecule is CCCCCCCCCCCCCC(=O)OC(COCCC(C(=O)O)[N+](C)(C)C)COC(=O)CCC. The molecule has 36 heavy (non-hydrogen) atoms. The van der Waals surface area contributed by atoms with E-state index in [2.05, 4.69) is 6.92 Å². The fraction of sp³-hybridized carbons (Fsp3) is 0.893. The second-order valence-electron chi connectivity index (χ2n) is 10.7. The van der Waals surface area contributed by atoms with E-state index in [9.17, 15) is 19.5 Å². The third-order valence-electron chi connectivity index (χ3n) is 6.23. The Morgan fingerprint density at radius 1 is 0.722 bits per heavy atom. The number of carboxylic acid groups (broad SMARTS) is 1. The molecule has 0 aliphatic carbocycles. The standard InChI is InChI=1S/C28H53NO7/c1-6-8-9-10-11-12-13-14-15-16-17-19-27(31)36-24(23-35-26(30)18-7-2)22-34-21-20-25(28(32)33)29(3,4)5/h24-25H,6-23H2,1-5H3/p+1. The molecule has 0 radical (unpaired) electrons. The summed E-state index contributed by atoms with van der Waals surface area (Å²) in [6, 6.07) is -0.602. The minimum absolute atomic E-state index is 0.0550. The van der Waals surface area contributed by atoms with Crippen LogP contribution in [0.1, 0.15) is 110 Å². The van der Waals surface area contributed by atoms with E-state index in [1.165, 1.54) is 51.4 Å². The van der Waals surface area contributed by atoms with Crippen LogP contribution in [0.15, 0.2) is 0 Å². The minimum atomic E-state index is -0.880. The number of hydrogen-bond donors (Lipinski definition) is 1. The number of nitrogens with zero attached hydrogens (tertiary/aromatic N) is 1. The number of carbonyl (C=O) groups is 3. The van der Waals surface area contributed by atoms with Crippen molar-refractivity contribution in [3.63, 3.8) is 0 Å². The number of carboxylic acids is 1. The average Bonchev–Trinajstić information content (AvgIpc) is 2.79. The van der Waals surface area contributed by atoms with E-state index < -0.39 is 18.1 Å². The van der Waals surface area contributed by atoms with Crippen LogP contribution in [0.5, 0.6) is 0 Å². The molecule has 0 aromatic heterocycles. The Labute approximate surface area is 219 Å². The van der Waals surface area contributed by atoms with E-state index in [1.54, 1.807) is 0 Å². The van der Waals surface area contributed by atoms with Gasteiger partial charge >= 0.3 is 17.9 Å². The largest absolute Gasteiger partial charge is 0.477 e. The van der Waals surface area contributed by atoms with Gasteiger partial charge < -0.3 is 23.8 Å². The Morgan fingerprint density at radius 2 is 1.28 bits per heavy atom. The lowest BCUT2D eigenvalue weighted by Crippen LogP contribution is -2.50. The monoisotopic (exact) mass is 516 g/mol. The number of carbonyl (C=O) groups excluding carboxylic acids is 2. The molecular formula is C28H54NO7+. The van der Waals surface area contributed by atoms with Gasteiger partial charge in [-0.3, -0.25) is 9.59 Å². The molecule has 0 saturated heterocycles. The Morgan fingerprint density at radius 3 is 1.78 bits per heavy atom. The lowest BCUT2D eigenvalue weighted by molar-refractivity contribution is -0.887. The Hall–Kier alpha value is -1.67. The van der Waals surface area contributed by atoms with Crippen molar-refractivity contribution in [1.82, 2.24) is 0 Å². The van der Waals surface area contributed by atoms with Crippen LogP contribution in [0.3, 0.4) is 0 Å². The topological polar surface area (TPSA) is 99.1 Å². The first-order valence-electron chi connectivity index (χ1n) is 14.1. The lowest BCUT2D eigenvalue weighted by atomic mass is 10.1. The Balaban J connectivity index is 4.29. The van der Waals surface area contributed by atoms with E-state index in [0.717, 1.165) is 19.3 Å². The van der Waals surface area contributed by atoms with Gasteiger partial charge in [0.15, 0.2) is 12.1 Å². The van der Waals surface area contributed by atoms with Crippen LogP contribution in [0.25, 0.3) is 0 Å². The van der Waals surface area contributed by atoms with E-state index in [1.807, 2.05) is 28.1 Å². The van der Waals surface area contributed by atoms with Crippen LogP contribution in [0.2, 0.25) is 0 Å². The molecule has 8 nitrogen and oxygen atoms in total. The van der Waals surface area contributed by atoms with Crippen molar-refractivity contribution >= 4 is 17.9 Å². The van der Waals surface area contributed by atoms with Crippen LogP contribution in [-0.4, -0.2) is 80.6 Å². The fourth-order valence-corrected chi connectivity index (χ4v) is 4.01. The van der Waals surface area contributed by atoms with E-state index in [-0.39, 0.29) is 36.2 Å². The van der Waals surface area contributed by atoms with Crippen molar-refractivity contribution in [3.8, 4) is 0 Å². The van der Waals surface area contributed by atoms with Gasteiger partial charge in [0.1, 0.15) is 6.61 Å². The summed E-state index contributed by atoms with van der Waals surface area (Å²) in [7, 11) is 5.47. The van der Waals surface area contributed by atoms with Gasteiger partial charge in [-0.1, -0.05) is 78.1 Å². The van der Waals surface area contributed by atoms with Gasteiger partial charge in [-0.05, 0) is 12.8 Å². The molecule has 0 aliphatic rings. The number of quaternary nitrogens is 1. The molecule has 0 aromatic carbocycles. The van der Waals surface area contributed by atoms with Gasteiger partial charge in [-0.25, -0.2) is 4.79 Å². The maximum atomic E-state index is 12.3. The van der Waals surface area contributed by atoms with Crippen molar-refractivity contribution in [1.29, 1.82) is 0 Å². The second kappa shape index (κ2) is 21.4. The van der Waals surface area contributed by atoms with Crippen molar-refractivity contribution in [2.75, 3.05) is 41.0 Å². The number of unbranched alkanes of at least 4 members (excludes halogenated alkanes) is 10. The van der Waals surface area contributed by atoms with E-state index in [4.69, 9.17) is 14.2 Å². The first-order chi connectivity index (χ1) is 17.1. The zero-order chi connectivity index (χ0) is 27.2. The highest BCUT2D eigenvalue weighted by Gasteiger charge is 2.31. The van der Waals surface area contributed by atoms with Crippen molar-refractivity contribution < 1.29 is 38.2 Å². The quantitative estimate of drug-likeness (QED) is 0.103. The molecule has 2 unspecified atom stereocenters. The van der Waals surface area contributed by atoms with E-state index in [0.29, 0.717) is 25.7 Å². The molecule has 212 valence electrons. The summed E-state index contributed by atoms with van der Waals surface area (Å²) in [5.41, 5.74) is 0. The van der Waals surface area contributed by atoms with Crippen LogP contribution < -0.4 is 0 Å². The summed E-state index contributed by atoms with van der Waals surface area (Å²) in [5.74, 6) is -1.53. The Kier molecular flexibility index (Phi) is 20.4. The van der Waals surface area contributed by atoms with Crippen LogP contribution in [0, 0.1) is 0 Å². The second-order valence-corrected chi connectivity index (χ2v) is 10.7. The van der Waals surface area contributed by atoms with Crippen LogP contribution in [-0.2, 0) is 28.6 Å². The molecule has 0 rings (SSSR count). The maximum Gasteiger partial charge on any atom is 0.362 e. The fourth-order valence-electron chi connectivity index (χ4n) is 4.01. The van der Waals surface area contributed by atoms with Gasteiger partial charge in [-0.15, -0.1) is 0 Å². The molecule has 0 spiro atoms. The van der Waals surface area contributed by atoms with Crippen molar-refractivity contribution in [2.45, 2.75) is 122 Å². The molecule has 2 atom stereocenters. The van der Waals surface area contributed by atoms with Gasteiger partial charge in [0.05, 0.1) is 34.4 Å². The van der Waals surface area contributed by atoms with Crippen molar-refractivity contribution in [2.24, 2.45) is 0 Å². The van der Waals surface area contributed by atoms with E-state index >= 15 is 0 Å². The van der Waals surface area contributed by atoms with Crippen LogP contribution in [0.4, 0.5) is 0 Å². The third kappa shape index (κ3) is 19.5. The molecule has 0 aromatic rings. The number of rotatable bonds is 24. The average molecular weight is 517 g/mol. The number of hydrogen-bond acceptors (Lipinski definition) is 6. The summed E-state index contributed by atoms with van der Waals surface area (Å²) < 4.78 is 16.7. The molecular weight excluding hydrogens is 462 g/mol. The summed E-state index contributed by atoms with van der Waals surface area (Å²) in [4.78, 5) is 35.6. The normalized spacial score (nSPS) is 13.2. The van der Waals surface area contributed by atoms with Gasteiger partial charge in [0.2, 0.25) is 0 Å². The van der Waals surface area contributed by atoms with Gasteiger partial charge in [0, 0.05) is 19.3 Å². The molecule has 0 fully saturated rings. The van der Waals surface area contributed by atoms with Gasteiger partial charge in [-0.2, -0.15) is 0 Å². The molecule has 0 aliphatic heterocycles. The molecule has 0 saturated carbocycles. The number of aliphatic carboxylic acids is 1. The molecule has 0 bridgehead atoms. The third-order valence-corrected chi connectivity index (χ3v) is 6.23. The molecule has 0 heterocycles. The smallest absolute Gasteiger partial charge is 0.362 e. The zero-order valence-electron chi connectivity index (χ0n) is 23.7. The number of likely N-dealkylation sites (N-methyl/N-ethyl adjacent to an activating group) is 1. The predicted molar refractivity (Wildman–Crippen MR) is 142 cm³/mol. The highest BCUT2D eigenvalue weighted by Crippen LogP contribution is 2.13. The summed E-state index contributed by atoms with van der Waals surface area (Å²) in [6.45, 7) is 4.34. The highest BCUT2D eigenvalue weighted by atomic mass is 16.6.